The van der Waals surface area contributed by atoms with Gasteiger partial charge >= 0.3 is 0 Å². The predicted molar refractivity (Wildman–Crippen MR) is 93.3 cm³/mol. The van der Waals surface area contributed by atoms with Gasteiger partial charge in [-0.15, -0.1) is 0 Å². The third-order valence-electron chi connectivity index (χ3n) is 5.02. The molecule has 2 unspecified atom stereocenters. The second-order valence-corrected chi connectivity index (χ2v) is 6.87. The number of amides is 3. The highest BCUT2D eigenvalue weighted by Gasteiger charge is 2.46. The summed E-state index contributed by atoms with van der Waals surface area (Å²) >= 11 is 0. The maximum absolute atomic E-state index is 12.9. The molecule has 1 aliphatic carbocycles. The van der Waals surface area contributed by atoms with Gasteiger partial charge < -0.3 is 10.1 Å². The second-order valence-electron chi connectivity index (χ2n) is 6.87. The van der Waals surface area contributed by atoms with Crippen molar-refractivity contribution in [3.05, 3.63) is 35.5 Å². The van der Waals surface area contributed by atoms with Crippen LogP contribution in [0, 0.1) is 11.3 Å². The van der Waals surface area contributed by atoms with Crippen LogP contribution in [0.3, 0.4) is 0 Å². The summed E-state index contributed by atoms with van der Waals surface area (Å²) in [7, 11) is 1.44. The first-order valence-electron chi connectivity index (χ1n) is 8.42. The Morgan fingerprint density at radius 1 is 1.28 bits per heavy atom. The fourth-order valence-corrected chi connectivity index (χ4v) is 3.01. The topological polar surface area (TPSA) is 83.6 Å². The summed E-state index contributed by atoms with van der Waals surface area (Å²) in [6.45, 7) is 6.09. The third-order valence-corrected chi connectivity index (χ3v) is 5.02. The normalized spacial score (nSPS) is 23.8. The van der Waals surface area contributed by atoms with E-state index in [-0.39, 0.29) is 24.2 Å². The molecule has 2 atom stereocenters. The number of nitrogens with one attached hydrogen (secondary N) is 1. The summed E-state index contributed by atoms with van der Waals surface area (Å²) in [5.41, 5.74) is 0.252. The zero-order valence-corrected chi connectivity index (χ0v) is 15.0. The Bertz CT molecular complexity index is 702. The van der Waals surface area contributed by atoms with Gasteiger partial charge in [0.1, 0.15) is 12.3 Å². The molecule has 0 bridgehead atoms. The molecule has 1 aliphatic heterocycles. The summed E-state index contributed by atoms with van der Waals surface area (Å²) in [5.74, 6) is -1.20. The fourth-order valence-electron chi connectivity index (χ4n) is 3.01. The monoisotopic (exact) mass is 344 g/mol. The molecule has 0 aromatic carbocycles. The molecule has 2 aliphatic rings. The molecule has 25 heavy (non-hydrogen) atoms. The average molecular weight is 344 g/mol. The van der Waals surface area contributed by atoms with Crippen molar-refractivity contribution < 1.29 is 19.2 Å². The molecule has 6 nitrogen and oxygen atoms in total. The Kier molecular flexibility index (Phi) is 5.40. The maximum Gasteiger partial charge on any atom is 0.262 e. The van der Waals surface area contributed by atoms with Gasteiger partial charge in [0.2, 0.25) is 5.91 Å². The van der Waals surface area contributed by atoms with E-state index in [0.717, 1.165) is 4.90 Å². The zero-order valence-electron chi connectivity index (χ0n) is 15.0. The number of carbonyl (C=O) groups is 4. The number of rotatable bonds is 6. The van der Waals surface area contributed by atoms with Gasteiger partial charge in [0.15, 0.2) is 0 Å². The second kappa shape index (κ2) is 7.17. The molecule has 134 valence electrons. The first-order valence-corrected chi connectivity index (χ1v) is 8.42. The minimum atomic E-state index is -0.988. The quantitative estimate of drug-likeness (QED) is 0.585. The summed E-state index contributed by atoms with van der Waals surface area (Å²) in [4.78, 5) is 49.6. The lowest BCUT2D eigenvalue weighted by atomic mass is 9.77. The number of aldehydes is 1. The van der Waals surface area contributed by atoms with Crippen molar-refractivity contribution in [3.8, 4) is 0 Å². The smallest absolute Gasteiger partial charge is 0.262 e. The minimum Gasteiger partial charge on any atom is -0.357 e. The van der Waals surface area contributed by atoms with Crippen LogP contribution in [0.4, 0.5) is 0 Å². The van der Waals surface area contributed by atoms with Gasteiger partial charge in [0, 0.05) is 24.5 Å². The van der Waals surface area contributed by atoms with Gasteiger partial charge in [-0.25, -0.2) is 0 Å². The van der Waals surface area contributed by atoms with Crippen molar-refractivity contribution in [2.24, 2.45) is 11.3 Å². The van der Waals surface area contributed by atoms with E-state index in [4.69, 9.17) is 0 Å². The van der Waals surface area contributed by atoms with E-state index in [0.29, 0.717) is 17.4 Å². The van der Waals surface area contributed by atoms with Crippen LogP contribution in [-0.4, -0.2) is 42.0 Å². The van der Waals surface area contributed by atoms with Crippen LogP contribution in [0.5, 0.6) is 0 Å². The molecule has 2 rings (SSSR count). The highest BCUT2D eigenvalue weighted by atomic mass is 16.2. The van der Waals surface area contributed by atoms with E-state index in [9.17, 15) is 19.2 Å². The molecular weight excluding hydrogens is 320 g/mol. The Hall–Kier alpha value is -2.50. The Morgan fingerprint density at radius 2 is 1.92 bits per heavy atom. The van der Waals surface area contributed by atoms with E-state index in [1.54, 1.807) is 12.2 Å². The van der Waals surface area contributed by atoms with Crippen LogP contribution < -0.4 is 5.32 Å². The lowest BCUT2D eigenvalue weighted by Gasteiger charge is -2.27. The Balaban J connectivity index is 2.48. The number of allylic oxidation sites excluding steroid dienone is 4. The molecule has 6 heteroatoms. The first kappa shape index (κ1) is 18.8. The van der Waals surface area contributed by atoms with E-state index in [1.165, 1.54) is 7.05 Å². The van der Waals surface area contributed by atoms with Crippen molar-refractivity contribution in [2.45, 2.75) is 39.7 Å². The Labute approximate surface area is 147 Å². The van der Waals surface area contributed by atoms with Crippen molar-refractivity contribution in [1.82, 2.24) is 10.2 Å². The molecule has 1 fully saturated rings. The molecule has 0 aromatic rings. The number of hydrogen-bond acceptors (Lipinski definition) is 4. The SMILES string of the molecule is CNC(=O)C(CCC=O)N1C(=O)C2=CC=CC(C)(C(C)C)C=C2C1=O. The molecule has 1 saturated heterocycles. The zero-order chi connectivity index (χ0) is 18.8. The van der Waals surface area contributed by atoms with Gasteiger partial charge in [-0.05, 0) is 18.4 Å². The van der Waals surface area contributed by atoms with Crippen molar-refractivity contribution in [1.29, 1.82) is 0 Å². The highest BCUT2D eigenvalue weighted by molar-refractivity contribution is 6.26. The predicted octanol–water partition coefficient (Wildman–Crippen LogP) is 1.53. The molecule has 0 radical (unpaired) electrons. The maximum atomic E-state index is 12.9. The van der Waals surface area contributed by atoms with E-state index >= 15 is 0 Å². The molecule has 1 heterocycles. The Morgan fingerprint density at radius 3 is 2.48 bits per heavy atom. The number of likely N-dealkylation sites (N-methyl/N-ethyl adjacent to an activating group) is 1. The van der Waals surface area contributed by atoms with E-state index in [2.05, 4.69) is 5.32 Å². The van der Waals surface area contributed by atoms with Crippen molar-refractivity contribution in [3.63, 3.8) is 0 Å². The van der Waals surface area contributed by atoms with Crippen LogP contribution in [0.1, 0.15) is 33.6 Å². The number of hydrogen-bond donors (Lipinski definition) is 1. The molecule has 1 N–H and O–H groups in total. The highest BCUT2D eigenvalue weighted by Crippen LogP contribution is 2.38. The number of fused-ring (bicyclic) bond motifs is 1. The average Bonchev–Trinajstić information content (AvgIpc) is 2.73. The lowest BCUT2D eigenvalue weighted by Crippen LogP contribution is -2.48. The molecule has 0 spiro atoms. The fraction of sp³-hybridized carbons (Fsp3) is 0.474. The van der Waals surface area contributed by atoms with Crippen molar-refractivity contribution in [2.75, 3.05) is 7.05 Å². The summed E-state index contributed by atoms with van der Waals surface area (Å²) in [6, 6.07) is -0.988. The largest absolute Gasteiger partial charge is 0.357 e. The first-order chi connectivity index (χ1) is 11.8. The number of carbonyl (C=O) groups excluding carboxylic acids is 4. The van der Waals surface area contributed by atoms with Crippen LogP contribution in [-0.2, 0) is 19.2 Å². The number of imide groups is 1. The van der Waals surface area contributed by atoms with E-state index in [1.807, 2.05) is 32.9 Å². The van der Waals surface area contributed by atoms with Gasteiger partial charge in [-0.3, -0.25) is 19.3 Å². The third kappa shape index (κ3) is 3.34. The molecule has 3 amide bonds. The molecule has 0 aromatic heterocycles. The lowest BCUT2D eigenvalue weighted by molar-refractivity contribution is -0.145. The molecule has 0 saturated carbocycles. The molecular formula is C19H24N2O4. The van der Waals surface area contributed by atoms with Gasteiger partial charge in [-0.2, -0.15) is 0 Å². The van der Waals surface area contributed by atoms with Crippen LogP contribution in [0.2, 0.25) is 0 Å². The van der Waals surface area contributed by atoms with Gasteiger partial charge in [0.25, 0.3) is 11.8 Å². The summed E-state index contributed by atoms with van der Waals surface area (Å²) < 4.78 is 0. The van der Waals surface area contributed by atoms with Crippen LogP contribution >= 0.6 is 0 Å². The minimum absolute atomic E-state index is 0.0941. The number of likely N-dealkylation sites (tertiary alicyclic amines) is 1. The van der Waals surface area contributed by atoms with Gasteiger partial charge in [0.05, 0.1) is 5.57 Å². The van der Waals surface area contributed by atoms with Crippen LogP contribution in [0.25, 0.3) is 0 Å². The van der Waals surface area contributed by atoms with E-state index < -0.39 is 23.8 Å². The standard InChI is InChI=1S/C19H24N2O4/c1-12(2)19(3)9-5-7-13-14(11-19)18(25)21(17(13)24)15(8-6-10-22)16(23)20-4/h5,7,9-12,15H,6,8H2,1-4H3,(H,20,23). The number of nitrogens with zero attached hydrogens (tertiary/aromatic N) is 1. The summed E-state index contributed by atoms with van der Waals surface area (Å²) in [6.07, 6.45) is 8.08. The van der Waals surface area contributed by atoms with Crippen LogP contribution in [0.15, 0.2) is 35.5 Å². The summed E-state index contributed by atoms with van der Waals surface area (Å²) in [5, 5.41) is 2.47. The van der Waals surface area contributed by atoms with Crippen molar-refractivity contribution >= 4 is 24.0 Å². The van der Waals surface area contributed by atoms with Gasteiger partial charge in [-0.1, -0.05) is 39.0 Å².